The van der Waals surface area contributed by atoms with E-state index in [0.29, 0.717) is 21.2 Å². The molecule has 1 heterocycles. The number of rotatable bonds is 5. The van der Waals surface area contributed by atoms with Crippen LogP contribution in [0.2, 0.25) is 10.0 Å². The number of carbonyl (C=O) groups excluding carboxylic acids is 1. The third-order valence-electron chi connectivity index (χ3n) is 4.76. The van der Waals surface area contributed by atoms with E-state index in [1.165, 1.54) is 12.4 Å². The minimum Gasteiger partial charge on any atom is -0.445 e. The predicted molar refractivity (Wildman–Crippen MR) is 116 cm³/mol. The van der Waals surface area contributed by atoms with Gasteiger partial charge < -0.3 is 10.5 Å². The number of primary amides is 1. The van der Waals surface area contributed by atoms with Gasteiger partial charge in [-0.05, 0) is 29.8 Å². The molecule has 15 heteroatoms. The van der Waals surface area contributed by atoms with Crippen LogP contribution in [0, 0.1) is 0 Å². The molecule has 0 spiro atoms. The molecule has 0 fully saturated rings. The van der Waals surface area contributed by atoms with Gasteiger partial charge in [0.05, 0.1) is 16.2 Å². The maximum absolute atomic E-state index is 14.4. The Morgan fingerprint density at radius 2 is 1.57 bits per heavy atom. The monoisotopic (exact) mass is 607 g/mol. The lowest BCUT2D eigenvalue weighted by Crippen LogP contribution is -2.50. The second-order valence-electron chi connectivity index (χ2n) is 7.03. The van der Waals surface area contributed by atoms with E-state index in [1.54, 1.807) is 18.2 Å². The molecule has 3 aromatic rings. The van der Waals surface area contributed by atoms with Gasteiger partial charge in [-0.2, -0.15) is 31.4 Å². The summed E-state index contributed by atoms with van der Waals surface area (Å²) in [4.78, 5) is 10.9. The van der Waals surface area contributed by atoms with Crippen molar-refractivity contribution in [3.8, 4) is 16.8 Å². The van der Waals surface area contributed by atoms with Gasteiger partial charge in [0, 0.05) is 27.4 Å². The summed E-state index contributed by atoms with van der Waals surface area (Å²) in [7, 11) is 0. The molecule has 3 rings (SSSR count). The van der Waals surface area contributed by atoms with E-state index in [9.17, 15) is 35.5 Å². The number of aromatic nitrogens is 2. The lowest BCUT2D eigenvalue weighted by molar-refractivity contribution is -0.348. The van der Waals surface area contributed by atoms with Crippen LogP contribution >= 0.6 is 39.1 Å². The Morgan fingerprint density at radius 1 is 1.00 bits per heavy atom. The number of carbonyl (C=O) groups is 1. The van der Waals surface area contributed by atoms with Gasteiger partial charge in [0.25, 0.3) is 0 Å². The minimum absolute atomic E-state index is 0.152. The fraction of sp³-hybridized carbons (Fsp3) is 0.200. The van der Waals surface area contributed by atoms with Crippen LogP contribution in [0.3, 0.4) is 0 Å². The molecule has 0 aliphatic rings. The molecule has 0 aliphatic carbocycles. The summed E-state index contributed by atoms with van der Waals surface area (Å²) in [5.74, 6) is 0. The number of nitrogens with two attached hydrogens (primary N) is 1. The van der Waals surface area contributed by atoms with E-state index in [1.807, 2.05) is 0 Å². The van der Waals surface area contributed by atoms with Crippen LogP contribution < -0.4 is 5.73 Å². The lowest BCUT2D eigenvalue weighted by Gasteiger charge is -2.30. The third-order valence-corrected chi connectivity index (χ3v) is 6.11. The first-order valence-corrected chi connectivity index (χ1v) is 10.7. The zero-order valence-electron chi connectivity index (χ0n) is 16.8. The molecule has 2 aromatic carbocycles. The summed E-state index contributed by atoms with van der Waals surface area (Å²) >= 11 is 15.2. The number of benzene rings is 2. The summed E-state index contributed by atoms with van der Waals surface area (Å²) in [6.07, 6.45) is -11.0. The van der Waals surface area contributed by atoms with Crippen molar-refractivity contribution in [3.05, 3.63) is 68.4 Å². The van der Waals surface area contributed by atoms with E-state index in [2.05, 4.69) is 21.0 Å². The summed E-state index contributed by atoms with van der Waals surface area (Å²) in [5, 5.41) is 2.58. The molecule has 0 radical (unpaired) electrons. The van der Waals surface area contributed by atoms with Crippen molar-refractivity contribution >= 4 is 45.2 Å². The van der Waals surface area contributed by atoms with Crippen molar-refractivity contribution in [1.29, 1.82) is 0 Å². The highest BCUT2D eigenvalue weighted by molar-refractivity contribution is 9.10. The Morgan fingerprint density at radius 3 is 2.09 bits per heavy atom. The van der Waals surface area contributed by atoms with Gasteiger partial charge in [-0.25, -0.2) is 13.9 Å². The van der Waals surface area contributed by atoms with Crippen LogP contribution in [-0.2, 0) is 17.0 Å². The Bertz CT molecular complexity index is 1240. The van der Waals surface area contributed by atoms with Crippen LogP contribution in [0.25, 0.3) is 16.8 Å². The number of hydrogen-bond donors (Lipinski definition) is 1. The summed E-state index contributed by atoms with van der Waals surface area (Å²) < 4.78 is 99.3. The minimum atomic E-state index is -6.32. The largest absolute Gasteiger partial charge is 0.445 e. The van der Waals surface area contributed by atoms with E-state index >= 15 is 0 Å². The van der Waals surface area contributed by atoms with Crippen LogP contribution in [0.4, 0.5) is 35.5 Å². The number of halogens is 10. The standard InChI is InChI=1S/C20H11BrCl2F7N3O2/c21-13-2-1-9(3-10(13)8-35-17(31)34)11-6-32-33(7-11)16-14(22)4-12(5-15(16)23)18(24,19(25,26)27)20(28,29)30/h1-7H,8H2,(H2,31,34). The van der Waals surface area contributed by atoms with Gasteiger partial charge in [0.15, 0.2) is 0 Å². The maximum atomic E-state index is 14.4. The van der Waals surface area contributed by atoms with Crippen molar-refractivity contribution in [3.63, 3.8) is 0 Å². The van der Waals surface area contributed by atoms with Crippen molar-refractivity contribution in [2.45, 2.75) is 24.6 Å². The summed E-state index contributed by atoms with van der Waals surface area (Å²) in [6.45, 7) is -0.152. The third kappa shape index (κ3) is 5.21. The molecule has 1 amide bonds. The Labute approximate surface area is 210 Å². The number of nitrogens with zero attached hydrogens (tertiary/aromatic N) is 2. The van der Waals surface area contributed by atoms with Crippen LogP contribution in [0.1, 0.15) is 11.1 Å². The second-order valence-corrected chi connectivity index (χ2v) is 8.70. The molecule has 0 unspecified atom stereocenters. The molecule has 2 N–H and O–H groups in total. The van der Waals surface area contributed by atoms with Crippen LogP contribution in [0.5, 0.6) is 0 Å². The normalized spacial score (nSPS) is 12.6. The first-order valence-electron chi connectivity index (χ1n) is 9.14. The molecule has 0 aliphatic heterocycles. The lowest BCUT2D eigenvalue weighted by atomic mass is 9.94. The zero-order valence-corrected chi connectivity index (χ0v) is 19.9. The van der Waals surface area contributed by atoms with Crippen molar-refractivity contribution in [1.82, 2.24) is 9.78 Å². The van der Waals surface area contributed by atoms with E-state index in [0.717, 1.165) is 4.68 Å². The topological polar surface area (TPSA) is 70.1 Å². The average Bonchev–Trinajstić information content (AvgIpc) is 3.19. The van der Waals surface area contributed by atoms with Crippen molar-refractivity contribution in [2.75, 3.05) is 0 Å². The second kappa shape index (κ2) is 9.51. The smallest absolute Gasteiger partial charge is 0.435 e. The first-order chi connectivity index (χ1) is 16.1. The predicted octanol–water partition coefficient (Wildman–Crippen LogP) is 7.49. The Hall–Kier alpha value is -2.51. The maximum Gasteiger partial charge on any atom is 0.435 e. The molecule has 0 bridgehead atoms. The molecule has 0 saturated heterocycles. The summed E-state index contributed by atoms with van der Waals surface area (Å²) in [5.41, 5.74) is -1.32. The molecule has 1 aromatic heterocycles. The number of ether oxygens (including phenoxy) is 1. The van der Waals surface area contributed by atoms with E-state index < -0.39 is 39.7 Å². The van der Waals surface area contributed by atoms with Gasteiger partial charge in [0.1, 0.15) is 12.3 Å². The number of amides is 1. The molecular weight excluding hydrogens is 598 g/mol. The highest BCUT2D eigenvalue weighted by atomic mass is 79.9. The molecular formula is C20H11BrCl2F7N3O2. The zero-order chi connectivity index (χ0) is 26.3. The van der Waals surface area contributed by atoms with Gasteiger partial charge in [0.2, 0.25) is 0 Å². The average molecular weight is 609 g/mol. The van der Waals surface area contributed by atoms with Gasteiger partial charge >= 0.3 is 24.1 Å². The summed E-state index contributed by atoms with van der Waals surface area (Å²) in [6, 6.07) is 5.30. The molecule has 35 heavy (non-hydrogen) atoms. The van der Waals surface area contributed by atoms with Gasteiger partial charge in [-0.15, -0.1) is 0 Å². The fourth-order valence-electron chi connectivity index (χ4n) is 3.08. The van der Waals surface area contributed by atoms with Crippen molar-refractivity contribution in [2.24, 2.45) is 5.73 Å². The number of hydrogen-bond acceptors (Lipinski definition) is 3. The van der Waals surface area contributed by atoms with Crippen LogP contribution in [-0.4, -0.2) is 28.2 Å². The van der Waals surface area contributed by atoms with E-state index in [-0.39, 0.29) is 24.4 Å². The van der Waals surface area contributed by atoms with Gasteiger partial charge in [-0.3, -0.25) is 0 Å². The molecule has 0 atom stereocenters. The molecule has 5 nitrogen and oxygen atoms in total. The van der Waals surface area contributed by atoms with Crippen molar-refractivity contribution < 1.29 is 40.3 Å². The van der Waals surface area contributed by atoms with Gasteiger partial charge in [-0.1, -0.05) is 45.2 Å². The Balaban J connectivity index is 2.03. The highest BCUT2D eigenvalue weighted by Gasteiger charge is 2.73. The SMILES string of the molecule is NC(=O)OCc1cc(-c2cnn(-c3c(Cl)cc(C(F)(C(F)(F)F)C(F)(F)F)cc3Cl)c2)ccc1Br. The number of alkyl halides is 7. The van der Waals surface area contributed by atoms with Crippen LogP contribution in [0.15, 0.2) is 47.2 Å². The highest BCUT2D eigenvalue weighted by Crippen LogP contribution is 2.54. The molecule has 188 valence electrons. The first kappa shape index (κ1) is 27.1. The quantitative estimate of drug-likeness (QED) is 0.305. The fourth-order valence-corrected chi connectivity index (χ4v) is 4.10. The Kier molecular flexibility index (Phi) is 7.36. The van der Waals surface area contributed by atoms with E-state index in [4.69, 9.17) is 33.7 Å². The molecule has 0 saturated carbocycles.